The fourth-order valence-corrected chi connectivity index (χ4v) is 4.11. The SMILES string of the molecule is Clc1cccc(N2OC(N3CCNCC3)=NC2c2ccc3ccccc3c2)c1Cl. The molecule has 3 aromatic rings. The molecule has 1 atom stereocenters. The van der Waals surface area contributed by atoms with E-state index < -0.39 is 0 Å². The lowest BCUT2D eigenvalue weighted by Gasteiger charge is -2.29. The van der Waals surface area contributed by atoms with Gasteiger partial charge in [0.15, 0.2) is 6.17 Å². The molecule has 1 N–H and O–H groups in total. The molecule has 1 unspecified atom stereocenters. The minimum atomic E-state index is -0.347. The molecule has 29 heavy (non-hydrogen) atoms. The predicted molar refractivity (Wildman–Crippen MR) is 119 cm³/mol. The summed E-state index contributed by atoms with van der Waals surface area (Å²) < 4.78 is 0. The van der Waals surface area contributed by atoms with Crippen LogP contribution in [0.4, 0.5) is 5.69 Å². The van der Waals surface area contributed by atoms with Crippen LogP contribution in [0.5, 0.6) is 0 Å². The van der Waals surface area contributed by atoms with Gasteiger partial charge in [0, 0.05) is 31.7 Å². The number of halogens is 2. The van der Waals surface area contributed by atoms with Gasteiger partial charge >= 0.3 is 6.02 Å². The fraction of sp³-hybridized carbons (Fsp3) is 0.227. The van der Waals surface area contributed by atoms with Crippen LogP contribution in [-0.2, 0) is 4.84 Å². The third kappa shape index (κ3) is 3.50. The fourth-order valence-electron chi connectivity index (χ4n) is 3.74. The summed E-state index contributed by atoms with van der Waals surface area (Å²) in [6, 6.07) is 20.8. The number of fused-ring (bicyclic) bond motifs is 1. The summed E-state index contributed by atoms with van der Waals surface area (Å²) in [6.45, 7) is 3.50. The molecule has 2 aliphatic rings. The van der Waals surface area contributed by atoms with Crippen molar-refractivity contribution >= 4 is 45.7 Å². The first-order chi connectivity index (χ1) is 14.2. The first kappa shape index (κ1) is 18.6. The maximum absolute atomic E-state index is 6.53. The van der Waals surface area contributed by atoms with E-state index in [2.05, 4.69) is 40.5 Å². The highest BCUT2D eigenvalue weighted by molar-refractivity contribution is 6.43. The second-order valence-electron chi connectivity index (χ2n) is 7.12. The van der Waals surface area contributed by atoms with E-state index in [9.17, 15) is 0 Å². The van der Waals surface area contributed by atoms with Crippen LogP contribution in [0.2, 0.25) is 10.0 Å². The van der Waals surface area contributed by atoms with Crippen LogP contribution in [0.15, 0.2) is 65.7 Å². The summed E-state index contributed by atoms with van der Waals surface area (Å²) in [5.41, 5.74) is 1.73. The summed E-state index contributed by atoms with van der Waals surface area (Å²) >= 11 is 12.8. The standard InChI is InChI=1S/C22H20Cl2N4O/c23-18-6-3-7-19(20(18)24)28-21(26-22(29-28)27-12-10-25-11-13-27)17-9-8-15-4-1-2-5-16(15)14-17/h1-9,14,21,25H,10-13H2. The van der Waals surface area contributed by atoms with Crippen LogP contribution < -0.4 is 10.4 Å². The number of benzene rings is 3. The molecule has 5 rings (SSSR count). The van der Waals surface area contributed by atoms with Crippen LogP contribution in [-0.4, -0.2) is 37.1 Å². The van der Waals surface area contributed by atoms with Crippen LogP contribution in [0.3, 0.4) is 0 Å². The normalized spacial score (nSPS) is 19.4. The Hall–Kier alpha value is -2.47. The molecule has 0 aromatic heterocycles. The molecule has 3 aromatic carbocycles. The molecule has 7 heteroatoms. The first-order valence-corrected chi connectivity index (χ1v) is 10.4. The van der Waals surface area contributed by atoms with Crippen LogP contribution in [0.1, 0.15) is 11.7 Å². The van der Waals surface area contributed by atoms with Crippen molar-refractivity contribution in [3.8, 4) is 0 Å². The molecule has 1 fully saturated rings. The van der Waals surface area contributed by atoms with Crippen molar-refractivity contribution in [3.63, 3.8) is 0 Å². The van der Waals surface area contributed by atoms with E-state index in [0.29, 0.717) is 21.8 Å². The lowest BCUT2D eigenvalue weighted by Crippen LogP contribution is -2.47. The van der Waals surface area contributed by atoms with Gasteiger partial charge < -0.3 is 15.1 Å². The Morgan fingerprint density at radius 1 is 0.931 bits per heavy atom. The van der Waals surface area contributed by atoms with E-state index in [-0.39, 0.29) is 6.17 Å². The van der Waals surface area contributed by atoms with Gasteiger partial charge in [-0.2, -0.15) is 10.1 Å². The number of piperazine rings is 1. The average Bonchev–Trinajstić information content (AvgIpc) is 3.21. The predicted octanol–water partition coefficient (Wildman–Crippen LogP) is 4.86. The number of anilines is 1. The van der Waals surface area contributed by atoms with Gasteiger partial charge in [-0.25, -0.2) is 0 Å². The van der Waals surface area contributed by atoms with E-state index in [0.717, 1.165) is 37.1 Å². The van der Waals surface area contributed by atoms with Crippen molar-refractivity contribution in [2.45, 2.75) is 6.17 Å². The van der Waals surface area contributed by atoms with E-state index >= 15 is 0 Å². The third-order valence-corrected chi connectivity index (χ3v) is 6.07. The van der Waals surface area contributed by atoms with Gasteiger partial charge in [0.1, 0.15) is 0 Å². The van der Waals surface area contributed by atoms with Crippen LogP contribution in [0, 0.1) is 0 Å². The quantitative estimate of drug-likeness (QED) is 0.634. The van der Waals surface area contributed by atoms with E-state index in [1.165, 1.54) is 5.39 Å². The molecule has 0 bridgehead atoms. The molecule has 0 aliphatic carbocycles. The second-order valence-corrected chi connectivity index (χ2v) is 7.90. The number of nitrogens with zero attached hydrogens (tertiary/aromatic N) is 3. The third-order valence-electron chi connectivity index (χ3n) is 5.26. The number of amidine groups is 1. The maximum atomic E-state index is 6.53. The van der Waals surface area contributed by atoms with Crippen LogP contribution >= 0.6 is 23.2 Å². The Balaban J connectivity index is 1.58. The minimum Gasteiger partial charge on any atom is -0.338 e. The smallest absolute Gasteiger partial charge is 0.317 e. The van der Waals surface area contributed by atoms with Crippen molar-refractivity contribution in [3.05, 3.63) is 76.3 Å². The number of rotatable bonds is 2. The number of nitrogens with one attached hydrogen (secondary N) is 1. The Bertz CT molecular complexity index is 1080. The molecule has 148 valence electrons. The van der Waals surface area contributed by atoms with Crippen molar-refractivity contribution < 1.29 is 4.84 Å². The second kappa shape index (κ2) is 7.75. The number of hydrogen-bond acceptors (Lipinski definition) is 5. The van der Waals surface area contributed by atoms with Crippen molar-refractivity contribution in [2.24, 2.45) is 4.99 Å². The van der Waals surface area contributed by atoms with Crippen LogP contribution in [0.25, 0.3) is 10.8 Å². The van der Waals surface area contributed by atoms with Gasteiger partial charge in [-0.1, -0.05) is 65.7 Å². The highest BCUT2D eigenvalue weighted by Crippen LogP contribution is 2.40. The largest absolute Gasteiger partial charge is 0.338 e. The molecule has 0 saturated carbocycles. The molecular formula is C22H20Cl2N4O. The zero-order valence-electron chi connectivity index (χ0n) is 15.7. The monoisotopic (exact) mass is 426 g/mol. The Morgan fingerprint density at radius 2 is 1.72 bits per heavy atom. The molecule has 2 heterocycles. The Kier molecular flexibility index (Phi) is 4.96. The lowest BCUT2D eigenvalue weighted by molar-refractivity contribution is 0.209. The minimum absolute atomic E-state index is 0.347. The Morgan fingerprint density at radius 3 is 2.55 bits per heavy atom. The van der Waals surface area contributed by atoms with Gasteiger partial charge in [0.05, 0.1) is 15.7 Å². The molecule has 5 nitrogen and oxygen atoms in total. The summed E-state index contributed by atoms with van der Waals surface area (Å²) in [7, 11) is 0. The van der Waals surface area contributed by atoms with E-state index in [1.807, 2.05) is 24.3 Å². The molecule has 0 spiro atoms. The highest BCUT2D eigenvalue weighted by atomic mass is 35.5. The number of hydroxylamine groups is 1. The summed E-state index contributed by atoms with van der Waals surface area (Å²) in [5.74, 6) is 0. The summed E-state index contributed by atoms with van der Waals surface area (Å²) in [4.78, 5) is 13.3. The van der Waals surface area contributed by atoms with Gasteiger partial charge in [0.2, 0.25) is 0 Å². The molecule has 1 saturated heterocycles. The number of aliphatic imine (C=N–C) groups is 1. The zero-order chi connectivity index (χ0) is 19.8. The van der Waals surface area contributed by atoms with Gasteiger partial charge in [-0.3, -0.25) is 0 Å². The molecular weight excluding hydrogens is 407 g/mol. The van der Waals surface area contributed by atoms with Gasteiger partial charge in [0.25, 0.3) is 0 Å². The topological polar surface area (TPSA) is 40.1 Å². The van der Waals surface area contributed by atoms with Crippen molar-refractivity contribution in [1.29, 1.82) is 0 Å². The zero-order valence-corrected chi connectivity index (χ0v) is 17.2. The molecule has 2 aliphatic heterocycles. The van der Waals surface area contributed by atoms with E-state index in [4.69, 9.17) is 33.0 Å². The van der Waals surface area contributed by atoms with Gasteiger partial charge in [-0.15, -0.1) is 0 Å². The van der Waals surface area contributed by atoms with Crippen molar-refractivity contribution in [1.82, 2.24) is 10.2 Å². The summed E-state index contributed by atoms with van der Waals surface area (Å²) in [5, 5.41) is 8.41. The van der Waals surface area contributed by atoms with E-state index in [1.54, 1.807) is 11.1 Å². The Labute approximate surface area is 179 Å². The molecule has 0 amide bonds. The number of hydrogen-bond donors (Lipinski definition) is 1. The molecule has 0 radical (unpaired) electrons. The lowest BCUT2D eigenvalue weighted by atomic mass is 10.1. The highest BCUT2D eigenvalue weighted by Gasteiger charge is 2.35. The average molecular weight is 427 g/mol. The van der Waals surface area contributed by atoms with Gasteiger partial charge in [-0.05, 0) is 29.0 Å². The first-order valence-electron chi connectivity index (χ1n) is 9.64. The van der Waals surface area contributed by atoms with Crippen molar-refractivity contribution in [2.75, 3.05) is 31.2 Å². The summed E-state index contributed by atoms with van der Waals surface area (Å²) in [6.07, 6.45) is -0.347. The maximum Gasteiger partial charge on any atom is 0.317 e.